The number of rotatable bonds is 2. The minimum absolute atomic E-state index is 0.0500. The molecular formula is C13H21NO4. The van der Waals surface area contributed by atoms with E-state index in [1.807, 2.05) is 20.8 Å². The molecule has 5 nitrogen and oxygen atoms in total. The lowest BCUT2D eigenvalue weighted by Crippen LogP contribution is -2.39. The average Bonchev–Trinajstić information content (AvgIpc) is 2.94. The molecule has 0 radical (unpaired) electrons. The van der Waals surface area contributed by atoms with E-state index in [0.29, 0.717) is 18.3 Å². The Morgan fingerprint density at radius 2 is 1.83 bits per heavy atom. The molecule has 2 rings (SSSR count). The molecule has 0 aromatic heterocycles. The number of fused-ring (bicyclic) bond motifs is 1. The van der Waals surface area contributed by atoms with Gasteiger partial charge in [-0.1, -0.05) is 0 Å². The van der Waals surface area contributed by atoms with Crippen LogP contribution >= 0.6 is 0 Å². The minimum Gasteiger partial charge on any atom is -0.469 e. The van der Waals surface area contributed by atoms with Crippen molar-refractivity contribution in [2.24, 2.45) is 17.8 Å². The van der Waals surface area contributed by atoms with Crippen LogP contribution in [0.1, 0.15) is 33.6 Å². The van der Waals surface area contributed by atoms with Crippen molar-refractivity contribution in [3.05, 3.63) is 0 Å². The van der Waals surface area contributed by atoms with Crippen LogP contribution in [0.3, 0.4) is 0 Å². The molecule has 0 saturated heterocycles. The van der Waals surface area contributed by atoms with E-state index >= 15 is 0 Å². The summed E-state index contributed by atoms with van der Waals surface area (Å²) in [5.74, 6) is 0.593. The molecular weight excluding hydrogens is 234 g/mol. The summed E-state index contributed by atoms with van der Waals surface area (Å²) in [5.41, 5.74) is -0.493. The lowest BCUT2D eigenvalue weighted by Gasteiger charge is -2.22. The number of alkyl carbamates (subject to hydrolysis) is 1. The van der Waals surface area contributed by atoms with Crippen molar-refractivity contribution >= 4 is 12.1 Å². The Morgan fingerprint density at radius 1 is 1.17 bits per heavy atom. The van der Waals surface area contributed by atoms with Crippen LogP contribution in [0, 0.1) is 17.8 Å². The number of methoxy groups -OCH3 is 1. The lowest BCUT2D eigenvalue weighted by molar-refractivity contribution is -0.146. The number of hydrogen-bond donors (Lipinski definition) is 1. The first-order valence-electron chi connectivity index (χ1n) is 6.39. The van der Waals surface area contributed by atoms with Crippen molar-refractivity contribution in [3.8, 4) is 0 Å². The zero-order valence-electron chi connectivity index (χ0n) is 11.4. The molecule has 2 aliphatic carbocycles. The number of amides is 1. The number of esters is 1. The van der Waals surface area contributed by atoms with Gasteiger partial charge >= 0.3 is 12.1 Å². The fraction of sp³-hybridized carbons (Fsp3) is 0.846. The SMILES string of the molecule is COC(=O)[C@@H]1C[C@H](NC(=O)OC(C)(C)C)[C@H]2C[C@H]21. The fourth-order valence-electron chi connectivity index (χ4n) is 2.83. The summed E-state index contributed by atoms with van der Waals surface area (Å²) in [4.78, 5) is 23.2. The van der Waals surface area contributed by atoms with Crippen molar-refractivity contribution in [1.82, 2.24) is 5.32 Å². The molecule has 5 heteroatoms. The van der Waals surface area contributed by atoms with E-state index in [0.717, 1.165) is 6.42 Å². The molecule has 102 valence electrons. The molecule has 0 unspecified atom stereocenters. The molecule has 0 aromatic rings. The number of carbonyl (C=O) groups excluding carboxylic acids is 2. The van der Waals surface area contributed by atoms with Crippen LogP contribution in [0.4, 0.5) is 4.79 Å². The number of nitrogens with one attached hydrogen (secondary N) is 1. The summed E-state index contributed by atoms with van der Waals surface area (Å²) >= 11 is 0. The van der Waals surface area contributed by atoms with Crippen LogP contribution < -0.4 is 5.32 Å². The van der Waals surface area contributed by atoms with Gasteiger partial charge in [-0.15, -0.1) is 0 Å². The minimum atomic E-state index is -0.493. The maximum Gasteiger partial charge on any atom is 0.407 e. The van der Waals surface area contributed by atoms with Crippen LogP contribution in [0.15, 0.2) is 0 Å². The second-order valence-corrected chi connectivity index (χ2v) is 6.18. The van der Waals surface area contributed by atoms with Gasteiger partial charge in [-0.05, 0) is 45.4 Å². The summed E-state index contributed by atoms with van der Waals surface area (Å²) in [6.07, 6.45) is 1.27. The Kier molecular flexibility index (Phi) is 3.25. The van der Waals surface area contributed by atoms with E-state index in [1.54, 1.807) is 0 Å². The van der Waals surface area contributed by atoms with Gasteiger partial charge in [0.2, 0.25) is 0 Å². The van der Waals surface area contributed by atoms with Gasteiger partial charge in [0.25, 0.3) is 0 Å². The summed E-state index contributed by atoms with van der Waals surface area (Å²) < 4.78 is 10.0. The van der Waals surface area contributed by atoms with Crippen molar-refractivity contribution in [3.63, 3.8) is 0 Å². The second-order valence-electron chi connectivity index (χ2n) is 6.18. The van der Waals surface area contributed by atoms with E-state index in [4.69, 9.17) is 9.47 Å². The molecule has 0 heterocycles. The Balaban J connectivity index is 1.86. The van der Waals surface area contributed by atoms with E-state index < -0.39 is 11.7 Å². The van der Waals surface area contributed by atoms with E-state index in [-0.39, 0.29) is 17.9 Å². The monoisotopic (exact) mass is 255 g/mol. The van der Waals surface area contributed by atoms with Gasteiger partial charge in [-0.25, -0.2) is 4.79 Å². The average molecular weight is 255 g/mol. The fourth-order valence-corrected chi connectivity index (χ4v) is 2.83. The Morgan fingerprint density at radius 3 is 2.39 bits per heavy atom. The summed E-state index contributed by atoms with van der Waals surface area (Å²) in [7, 11) is 1.41. The third kappa shape index (κ3) is 2.76. The zero-order chi connectivity index (χ0) is 13.5. The van der Waals surface area contributed by atoms with Gasteiger partial charge in [0, 0.05) is 6.04 Å². The van der Waals surface area contributed by atoms with Crippen LogP contribution in [-0.4, -0.2) is 30.8 Å². The molecule has 1 amide bonds. The summed E-state index contributed by atoms with van der Waals surface area (Å²) in [5, 5.41) is 2.87. The maximum atomic E-state index is 11.7. The normalized spacial score (nSPS) is 33.6. The number of ether oxygens (including phenoxy) is 2. The van der Waals surface area contributed by atoms with Crippen molar-refractivity contribution in [2.75, 3.05) is 7.11 Å². The third-order valence-electron chi connectivity index (χ3n) is 3.64. The maximum absolute atomic E-state index is 11.7. The van der Waals surface area contributed by atoms with Crippen LogP contribution in [-0.2, 0) is 14.3 Å². The van der Waals surface area contributed by atoms with Crippen LogP contribution in [0.25, 0.3) is 0 Å². The lowest BCUT2D eigenvalue weighted by atomic mass is 10.0. The smallest absolute Gasteiger partial charge is 0.407 e. The Hall–Kier alpha value is -1.26. The highest BCUT2D eigenvalue weighted by Crippen LogP contribution is 2.55. The molecule has 18 heavy (non-hydrogen) atoms. The van der Waals surface area contributed by atoms with Crippen LogP contribution in [0.5, 0.6) is 0 Å². The van der Waals surface area contributed by atoms with Gasteiger partial charge in [-0.3, -0.25) is 4.79 Å². The quantitative estimate of drug-likeness (QED) is 0.763. The summed E-state index contributed by atoms with van der Waals surface area (Å²) in [6.45, 7) is 5.50. The molecule has 1 N–H and O–H groups in total. The predicted molar refractivity (Wildman–Crippen MR) is 64.9 cm³/mol. The van der Waals surface area contributed by atoms with Gasteiger partial charge in [0.15, 0.2) is 0 Å². The molecule has 0 aliphatic heterocycles. The first-order valence-corrected chi connectivity index (χ1v) is 6.39. The molecule has 0 aromatic carbocycles. The van der Waals surface area contributed by atoms with E-state index in [2.05, 4.69) is 5.32 Å². The highest BCUT2D eigenvalue weighted by atomic mass is 16.6. The van der Waals surface area contributed by atoms with Crippen molar-refractivity contribution < 1.29 is 19.1 Å². The van der Waals surface area contributed by atoms with Crippen molar-refractivity contribution in [2.45, 2.75) is 45.3 Å². The van der Waals surface area contributed by atoms with Gasteiger partial charge in [0.1, 0.15) is 5.60 Å². The van der Waals surface area contributed by atoms with Gasteiger partial charge in [0.05, 0.1) is 13.0 Å². The standard InChI is InChI=1S/C13H21NO4/c1-13(2,3)18-12(16)14-10-6-9(11(15)17-4)7-5-8(7)10/h7-10H,5-6H2,1-4H3,(H,14,16)/t7-,8+,9-,10+/m1/s1. The third-order valence-corrected chi connectivity index (χ3v) is 3.64. The molecule has 2 aliphatic rings. The molecule has 0 spiro atoms. The predicted octanol–water partition coefficient (Wildman–Crippen LogP) is 1.71. The topological polar surface area (TPSA) is 64.6 Å². The largest absolute Gasteiger partial charge is 0.469 e. The van der Waals surface area contributed by atoms with E-state index in [1.165, 1.54) is 7.11 Å². The first kappa shape index (κ1) is 13.2. The number of carbonyl (C=O) groups is 2. The van der Waals surface area contributed by atoms with Gasteiger partial charge < -0.3 is 14.8 Å². The Labute approximate surface area is 107 Å². The zero-order valence-corrected chi connectivity index (χ0v) is 11.4. The van der Waals surface area contributed by atoms with Gasteiger partial charge in [-0.2, -0.15) is 0 Å². The second kappa shape index (κ2) is 4.44. The van der Waals surface area contributed by atoms with Crippen LogP contribution in [0.2, 0.25) is 0 Å². The number of hydrogen-bond acceptors (Lipinski definition) is 4. The molecule has 2 fully saturated rings. The Bertz CT molecular complexity index is 360. The summed E-state index contributed by atoms with van der Waals surface area (Å²) in [6, 6.07) is 0.0500. The molecule has 0 bridgehead atoms. The molecule has 2 saturated carbocycles. The van der Waals surface area contributed by atoms with E-state index in [9.17, 15) is 9.59 Å². The first-order chi connectivity index (χ1) is 8.31. The highest BCUT2D eigenvalue weighted by Gasteiger charge is 2.57. The highest BCUT2D eigenvalue weighted by molar-refractivity contribution is 5.75. The van der Waals surface area contributed by atoms with Crippen molar-refractivity contribution in [1.29, 1.82) is 0 Å². The molecule has 4 atom stereocenters.